The first-order valence-corrected chi connectivity index (χ1v) is 3.24. The fourth-order valence-electron chi connectivity index (χ4n) is 0.337. The van der Waals surface area contributed by atoms with Crippen molar-refractivity contribution in [3.63, 3.8) is 0 Å². The molecular weight excluding hydrogens is 207 g/mol. The number of rotatable bonds is 0. The molecule has 0 fully saturated rings. The van der Waals surface area contributed by atoms with Crippen molar-refractivity contribution in [3.8, 4) is 5.88 Å². The lowest BCUT2D eigenvalue weighted by Gasteiger charge is -1.91. The number of nitrogens with zero attached hydrogens (tertiary/aromatic N) is 2. The first-order chi connectivity index (χ1) is 4.20. The van der Waals surface area contributed by atoms with Gasteiger partial charge in [-0.3, -0.25) is 0 Å². The van der Waals surface area contributed by atoms with Crippen LogP contribution in [0, 0.1) is 0 Å². The first kappa shape index (κ1) is 6.77. The van der Waals surface area contributed by atoms with E-state index in [1.54, 1.807) is 0 Å². The molecule has 0 atom stereocenters. The molecule has 0 aliphatic carbocycles. The van der Waals surface area contributed by atoms with E-state index < -0.39 is 0 Å². The molecule has 0 aliphatic heterocycles. The second kappa shape index (κ2) is 2.49. The van der Waals surface area contributed by atoms with Crippen LogP contribution in [0.3, 0.4) is 0 Å². The van der Waals surface area contributed by atoms with Crippen LogP contribution < -0.4 is 0 Å². The summed E-state index contributed by atoms with van der Waals surface area (Å²) >= 11 is 8.31. The molecule has 0 bridgehead atoms. The average molecular weight is 209 g/mol. The molecule has 1 N–H and O–H groups in total. The van der Waals surface area contributed by atoms with E-state index in [2.05, 4.69) is 25.9 Å². The van der Waals surface area contributed by atoms with E-state index >= 15 is 0 Å². The van der Waals surface area contributed by atoms with Gasteiger partial charge in [0.05, 0.1) is 4.47 Å². The van der Waals surface area contributed by atoms with Gasteiger partial charge in [0.15, 0.2) is 0 Å². The highest BCUT2D eigenvalue weighted by atomic mass is 79.9. The number of hydrogen-bond donors (Lipinski definition) is 1. The molecule has 0 saturated heterocycles. The van der Waals surface area contributed by atoms with E-state index in [9.17, 15) is 0 Å². The Morgan fingerprint density at radius 2 is 2.33 bits per heavy atom. The van der Waals surface area contributed by atoms with Gasteiger partial charge in [-0.2, -0.15) is 4.98 Å². The van der Waals surface area contributed by atoms with E-state index in [1.807, 2.05) is 0 Å². The van der Waals surface area contributed by atoms with Crippen LogP contribution in [0.15, 0.2) is 10.7 Å². The summed E-state index contributed by atoms with van der Waals surface area (Å²) in [5.41, 5.74) is 0. The van der Waals surface area contributed by atoms with E-state index in [0.717, 1.165) is 0 Å². The Morgan fingerprint density at radius 1 is 1.67 bits per heavy atom. The second-order valence-corrected chi connectivity index (χ2v) is 2.50. The summed E-state index contributed by atoms with van der Waals surface area (Å²) in [6.45, 7) is 0. The molecular formula is C4H2BrClN2O. The quantitative estimate of drug-likeness (QED) is 0.660. The molecule has 0 amide bonds. The van der Waals surface area contributed by atoms with E-state index in [-0.39, 0.29) is 11.2 Å². The Kier molecular flexibility index (Phi) is 1.87. The number of halogens is 2. The summed E-state index contributed by atoms with van der Waals surface area (Å²) in [5, 5.41) is 8.86. The van der Waals surface area contributed by atoms with Gasteiger partial charge in [0, 0.05) is 6.20 Å². The van der Waals surface area contributed by atoms with Crippen molar-refractivity contribution >= 4 is 27.5 Å². The summed E-state index contributed by atoms with van der Waals surface area (Å²) < 4.78 is 0.437. The number of hydrogen-bond acceptors (Lipinski definition) is 3. The van der Waals surface area contributed by atoms with Crippen LogP contribution in [0.5, 0.6) is 5.88 Å². The molecule has 1 aromatic rings. The number of aromatic hydroxyl groups is 1. The van der Waals surface area contributed by atoms with E-state index in [0.29, 0.717) is 4.47 Å². The summed E-state index contributed by atoms with van der Waals surface area (Å²) in [4.78, 5) is 7.02. The van der Waals surface area contributed by atoms with Crippen LogP contribution in [-0.2, 0) is 0 Å². The van der Waals surface area contributed by atoms with Crippen molar-refractivity contribution < 1.29 is 5.11 Å². The summed E-state index contributed by atoms with van der Waals surface area (Å²) in [5.74, 6) is -0.144. The van der Waals surface area contributed by atoms with E-state index in [4.69, 9.17) is 16.7 Å². The fourth-order valence-corrected chi connectivity index (χ4v) is 0.657. The lowest BCUT2D eigenvalue weighted by Crippen LogP contribution is -1.80. The summed E-state index contributed by atoms with van der Waals surface area (Å²) in [6, 6.07) is 0. The van der Waals surface area contributed by atoms with Gasteiger partial charge in [0.2, 0.25) is 11.2 Å². The lowest BCUT2D eigenvalue weighted by molar-refractivity contribution is 0.448. The van der Waals surface area contributed by atoms with Crippen LogP contribution in [0.25, 0.3) is 0 Å². The van der Waals surface area contributed by atoms with Crippen LogP contribution in [0.2, 0.25) is 5.28 Å². The maximum Gasteiger partial charge on any atom is 0.229 e. The normalized spacial score (nSPS) is 9.56. The van der Waals surface area contributed by atoms with E-state index in [1.165, 1.54) is 6.20 Å². The molecule has 0 radical (unpaired) electrons. The lowest BCUT2D eigenvalue weighted by atomic mass is 10.6. The zero-order chi connectivity index (χ0) is 6.85. The maximum absolute atomic E-state index is 8.82. The van der Waals surface area contributed by atoms with Gasteiger partial charge in [-0.1, -0.05) is 0 Å². The van der Waals surface area contributed by atoms with Gasteiger partial charge in [-0.25, -0.2) is 4.98 Å². The summed E-state index contributed by atoms with van der Waals surface area (Å²) in [6.07, 6.45) is 1.38. The average Bonchev–Trinajstić information content (AvgIpc) is 1.80. The highest BCUT2D eigenvalue weighted by Crippen LogP contribution is 2.19. The molecule has 1 heterocycles. The predicted molar refractivity (Wildman–Crippen MR) is 36.4 cm³/mol. The van der Waals surface area contributed by atoms with Gasteiger partial charge < -0.3 is 5.11 Å². The van der Waals surface area contributed by atoms with Crippen molar-refractivity contribution in [2.75, 3.05) is 0 Å². The molecule has 0 saturated carbocycles. The molecule has 1 rings (SSSR count). The van der Waals surface area contributed by atoms with Gasteiger partial charge in [-0.05, 0) is 27.5 Å². The molecule has 3 nitrogen and oxygen atoms in total. The van der Waals surface area contributed by atoms with Gasteiger partial charge in [0.25, 0.3) is 0 Å². The van der Waals surface area contributed by atoms with Crippen molar-refractivity contribution in [2.45, 2.75) is 0 Å². The smallest absolute Gasteiger partial charge is 0.229 e. The molecule has 0 aliphatic rings. The Hall–Kier alpha value is -0.350. The SMILES string of the molecule is Oc1nc(Cl)ncc1Br. The topological polar surface area (TPSA) is 46.0 Å². The third-order valence-corrected chi connectivity index (χ3v) is 1.44. The third kappa shape index (κ3) is 1.53. The minimum Gasteiger partial charge on any atom is -0.492 e. The van der Waals surface area contributed by atoms with Crippen molar-refractivity contribution in [3.05, 3.63) is 16.0 Å². The summed E-state index contributed by atoms with van der Waals surface area (Å²) in [7, 11) is 0. The molecule has 1 aromatic heterocycles. The van der Waals surface area contributed by atoms with Crippen LogP contribution >= 0.6 is 27.5 Å². The third-order valence-electron chi connectivity index (χ3n) is 0.696. The molecule has 48 valence electrons. The predicted octanol–water partition coefficient (Wildman–Crippen LogP) is 1.60. The monoisotopic (exact) mass is 208 g/mol. The Morgan fingerprint density at radius 3 is 2.78 bits per heavy atom. The Balaban J connectivity index is 3.17. The fraction of sp³-hybridized carbons (Fsp3) is 0. The van der Waals surface area contributed by atoms with Gasteiger partial charge >= 0.3 is 0 Å². The highest BCUT2D eigenvalue weighted by Gasteiger charge is 1.98. The van der Waals surface area contributed by atoms with Gasteiger partial charge in [-0.15, -0.1) is 0 Å². The standard InChI is InChI=1S/C4H2BrClN2O/c5-2-1-7-4(6)8-3(2)9/h1H,(H,7,8,9). The molecule has 9 heavy (non-hydrogen) atoms. The van der Waals surface area contributed by atoms with Crippen LogP contribution in [0.1, 0.15) is 0 Å². The molecule has 0 aromatic carbocycles. The van der Waals surface area contributed by atoms with Gasteiger partial charge in [0.1, 0.15) is 0 Å². The van der Waals surface area contributed by atoms with Crippen molar-refractivity contribution in [1.29, 1.82) is 0 Å². The van der Waals surface area contributed by atoms with Crippen molar-refractivity contribution in [2.24, 2.45) is 0 Å². The molecule has 0 spiro atoms. The second-order valence-electron chi connectivity index (χ2n) is 1.31. The minimum atomic E-state index is -0.144. The maximum atomic E-state index is 8.82. The minimum absolute atomic E-state index is 0.0377. The molecule has 0 unspecified atom stereocenters. The van der Waals surface area contributed by atoms with Crippen LogP contribution in [-0.4, -0.2) is 15.1 Å². The van der Waals surface area contributed by atoms with Crippen molar-refractivity contribution in [1.82, 2.24) is 9.97 Å². The number of aromatic nitrogens is 2. The zero-order valence-electron chi connectivity index (χ0n) is 4.17. The Labute approximate surface area is 64.8 Å². The van der Waals surface area contributed by atoms with Crippen LogP contribution in [0.4, 0.5) is 0 Å². The first-order valence-electron chi connectivity index (χ1n) is 2.07. The zero-order valence-corrected chi connectivity index (χ0v) is 6.52. The highest BCUT2D eigenvalue weighted by molar-refractivity contribution is 9.10. The Bertz CT molecular complexity index is 230. The molecule has 5 heteroatoms. The largest absolute Gasteiger partial charge is 0.492 e.